The van der Waals surface area contributed by atoms with Crippen LogP contribution >= 0.6 is 0 Å². The molecule has 98 valence electrons. The Bertz CT molecular complexity index is 253. The van der Waals surface area contributed by atoms with Crippen LogP contribution in [0.2, 0.25) is 0 Å². The first-order valence-electron chi connectivity index (χ1n) is 8.29. The van der Waals surface area contributed by atoms with Gasteiger partial charge in [-0.2, -0.15) is 0 Å². The van der Waals surface area contributed by atoms with Crippen molar-refractivity contribution in [1.29, 1.82) is 0 Å². The highest BCUT2D eigenvalue weighted by atomic mass is 14.5. The van der Waals surface area contributed by atoms with Crippen molar-refractivity contribution < 1.29 is 0 Å². The van der Waals surface area contributed by atoms with Crippen molar-refractivity contribution in [2.45, 2.75) is 90.4 Å². The van der Waals surface area contributed by atoms with E-state index in [9.17, 15) is 0 Å². The Labute approximate surface area is 108 Å². The predicted octanol–water partition coefficient (Wildman–Crippen LogP) is 5.71. The molecular weight excluding hydrogens is 204 g/mol. The average Bonchev–Trinajstić information content (AvgIpc) is 2.79. The zero-order chi connectivity index (χ0) is 11.8. The second-order valence-electron chi connectivity index (χ2n) is 7.45. The molecule has 0 heteroatoms. The highest BCUT2D eigenvalue weighted by Gasteiger charge is 2.49. The van der Waals surface area contributed by atoms with E-state index < -0.39 is 0 Å². The molecule has 3 rings (SSSR count). The fourth-order valence-electron chi connectivity index (χ4n) is 5.80. The molecule has 3 aliphatic rings. The first-order chi connectivity index (χ1) is 8.29. The van der Waals surface area contributed by atoms with Gasteiger partial charge in [-0.3, -0.25) is 0 Å². The van der Waals surface area contributed by atoms with E-state index >= 15 is 0 Å². The van der Waals surface area contributed by atoms with Crippen LogP contribution in [-0.4, -0.2) is 0 Å². The van der Waals surface area contributed by atoms with Crippen LogP contribution in [0.5, 0.6) is 0 Å². The summed E-state index contributed by atoms with van der Waals surface area (Å²) in [5.41, 5.74) is 1.62. The van der Waals surface area contributed by atoms with Gasteiger partial charge >= 0.3 is 0 Å². The third kappa shape index (κ3) is 2.06. The lowest BCUT2D eigenvalue weighted by atomic mass is 9.52. The predicted molar refractivity (Wildman–Crippen MR) is 74.1 cm³/mol. The fraction of sp³-hybridized carbons (Fsp3) is 1.00. The largest absolute Gasteiger partial charge is 0.0651 e. The Hall–Kier alpha value is 0. The maximum atomic E-state index is 2.45. The molecule has 0 N–H and O–H groups in total. The second kappa shape index (κ2) is 4.59. The van der Waals surface area contributed by atoms with Gasteiger partial charge in [-0.25, -0.2) is 0 Å². The Morgan fingerprint density at radius 1 is 0.824 bits per heavy atom. The summed E-state index contributed by atoms with van der Waals surface area (Å²) in [5.74, 6) is 1.08. The molecule has 0 saturated heterocycles. The SMILES string of the molecule is CCC1CCC2(CCCC2)CC12CCCCC2. The van der Waals surface area contributed by atoms with Crippen molar-refractivity contribution in [3.05, 3.63) is 0 Å². The van der Waals surface area contributed by atoms with Gasteiger partial charge in [-0.1, -0.05) is 45.4 Å². The lowest BCUT2D eigenvalue weighted by Gasteiger charge is -2.53. The third-order valence-corrected chi connectivity index (χ3v) is 6.62. The molecule has 0 aliphatic heterocycles. The zero-order valence-electron chi connectivity index (χ0n) is 11.8. The van der Waals surface area contributed by atoms with Gasteiger partial charge in [0.1, 0.15) is 0 Å². The van der Waals surface area contributed by atoms with Crippen LogP contribution in [0.15, 0.2) is 0 Å². The van der Waals surface area contributed by atoms with Crippen LogP contribution in [0.4, 0.5) is 0 Å². The minimum absolute atomic E-state index is 0.801. The van der Waals surface area contributed by atoms with E-state index in [-0.39, 0.29) is 0 Å². The Morgan fingerprint density at radius 3 is 2.12 bits per heavy atom. The lowest BCUT2D eigenvalue weighted by molar-refractivity contribution is -0.0267. The zero-order valence-corrected chi connectivity index (χ0v) is 11.8. The van der Waals surface area contributed by atoms with E-state index in [1.165, 1.54) is 38.5 Å². The van der Waals surface area contributed by atoms with Crippen LogP contribution in [0.1, 0.15) is 90.4 Å². The van der Waals surface area contributed by atoms with Gasteiger partial charge in [0.05, 0.1) is 0 Å². The summed E-state index contributed by atoms with van der Waals surface area (Å²) in [7, 11) is 0. The number of hydrogen-bond acceptors (Lipinski definition) is 0. The highest BCUT2D eigenvalue weighted by Crippen LogP contribution is 2.61. The van der Waals surface area contributed by atoms with E-state index in [1.54, 1.807) is 44.9 Å². The van der Waals surface area contributed by atoms with Crippen molar-refractivity contribution in [1.82, 2.24) is 0 Å². The maximum absolute atomic E-state index is 2.45. The molecule has 0 radical (unpaired) electrons. The van der Waals surface area contributed by atoms with Gasteiger partial charge in [-0.15, -0.1) is 0 Å². The van der Waals surface area contributed by atoms with Gasteiger partial charge in [0.25, 0.3) is 0 Å². The summed E-state index contributed by atoms with van der Waals surface area (Å²) in [6, 6.07) is 0. The van der Waals surface area contributed by atoms with E-state index in [4.69, 9.17) is 0 Å². The van der Waals surface area contributed by atoms with Crippen LogP contribution in [0.3, 0.4) is 0 Å². The summed E-state index contributed by atoms with van der Waals surface area (Å²) in [4.78, 5) is 0. The molecule has 0 aromatic rings. The fourth-order valence-corrected chi connectivity index (χ4v) is 5.80. The van der Waals surface area contributed by atoms with Gasteiger partial charge in [0.15, 0.2) is 0 Å². The Morgan fingerprint density at radius 2 is 1.47 bits per heavy atom. The lowest BCUT2D eigenvalue weighted by Crippen LogP contribution is -2.42. The van der Waals surface area contributed by atoms with Crippen molar-refractivity contribution in [2.24, 2.45) is 16.7 Å². The standard InChI is InChI=1S/C17H30/c1-2-15-8-13-16(9-6-7-10-16)14-17(15)11-4-3-5-12-17/h15H,2-14H2,1H3. The molecule has 0 aromatic carbocycles. The van der Waals surface area contributed by atoms with Crippen LogP contribution in [-0.2, 0) is 0 Å². The van der Waals surface area contributed by atoms with Gasteiger partial charge in [0, 0.05) is 0 Å². The Kier molecular flexibility index (Phi) is 3.26. The molecule has 0 bridgehead atoms. The molecule has 0 nitrogen and oxygen atoms in total. The minimum Gasteiger partial charge on any atom is -0.0651 e. The summed E-state index contributed by atoms with van der Waals surface area (Å²) in [6.07, 6.45) is 20.2. The first kappa shape index (κ1) is 12.1. The van der Waals surface area contributed by atoms with Gasteiger partial charge in [0.2, 0.25) is 0 Å². The van der Waals surface area contributed by atoms with Crippen molar-refractivity contribution in [2.75, 3.05) is 0 Å². The van der Waals surface area contributed by atoms with E-state index in [0.29, 0.717) is 0 Å². The molecule has 0 aromatic heterocycles. The summed E-state index contributed by atoms with van der Waals surface area (Å²) in [5, 5.41) is 0. The molecular formula is C17H30. The highest BCUT2D eigenvalue weighted by molar-refractivity contribution is 5.01. The topological polar surface area (TPSA) is 0 Å². The molecule has 1 atom stereocenters. The van der Waals surface area contributed by atoms with Crippen molar-refractivity contribution >= 4 is 0 Å². The molecule has 0 heterocycles. The quantitative estimate of drug-likeness (QED) is 0.545. The third-order valence-electron chi connectivity index (χ3n) is 6.62. The molecule has 17 heavy (non-hydrogen) atoms. The average molecular weight is 234 g/mol. The van der Waals surface area contributed by atoms with E-state index in [0.717, 1.165) is 16.7 Å². The molecule has 3 fully saturated rings. The van der Waals surface area contributed by atoms with Crippen LogP contribution < -0.4 is 0 Å². The van der Waals surface area contributed by atoms with Crippen LogP contribution in [0.25, 0.3) is 0 Å². The second-order valence-corrected chi connectivity index (χ2v) is 7.45. The Balaban J connectivity index is 1.80. The summed E-state index contributed by atoms with van der Waals surface area (Å²) in [6.45, 7) is 2.45. The van der Waals surface area contributed by atoms with E-state index in [1.807, 2.05) is 0 Å². The normalized spacial score (nSPS) is 35.5. The monoisotopic (exact) mass is 234 g/mol. The van der Waals surface area contributed by atoms with E-state index in [2.05, 4.69) is 6.92 Å². The van der Waals surface area contributed by atoms with Crippen molar-refractivity contribution in [3.63, 3.8) is 0 Å². The molecule has 3 aliphatic carbocycles. The van der Waals surface area contributed by atoms with Gasteiger partial charge < -0.3 is 0 Å². The minimum atomic E-state index is 0.801. The number of rotatable bonds is 1. The number of hydrogen-bond donors (Lipinski definition) is 0. The van der Waals surface area contributed by atoms with Gasteiger partial charge in [-0.05, 0) is 61.7 Å². The molecule has 1 unspecified atom stereocenters. The first-order valence-corrected chi connectivity index (χ1v) is 8.29. The van der Waals surface area contributed by atoms with Crippen LogP contribution in [0, 0.1) is 16.7 Å². The molecule has 0 amide bonds. The molecule has 2 spiro atoms. The summed E-state index contributed by atoms with van der Waals surface area (Å²) >= 11 is 0. The molecule has 3 saturated carbocycles. The summed E-state index contributed by atoms with van der Waals surface area (Å²) < 4.78 is 0. The smallest absolute Gasteiger partial charge is 0.0264 e. The van der Waals surface area contributed by atoms with Crippen molar-refractivity contribution in [3.8, 4) is 0 Å². The maximum Gasteiger partial charge on any atom is -0.0264 e.